The molecule has 0 bridgehead atoms. The summed E-state index contributed by atoms with van der Waals surface area (Å²) in [5.74, 6) is 0.515. The van der Waals surface area contributed by atoms with Gasteiger partial charge < -0.3 is 0 Å². The van der Waals surface area contributed by atoms with Crippen molar-refractivity contribution in [3.63, 3.8) is 0 Å². The average Bonchev–Trinajstić information content (AvgIpc) is 2.59. The molecular weight excluding hydrogens is 216 g/mol. The summed E-state index contributed by atoms with van der Waals surface area (Å²) in [6.07, 6.45) is 1.86. The van der Waals surface area contributed by atoms with Gasteiger partial charge in [0.05, 0.1) is 17.8 Å². The highest BCUT2D eigenvalue weighted by atomic mass is 35.5. The predicted octanol–water partition coefficient (Wildman–Crippen LogP) is 3.43. The Morgan fingerprint density at radius 3 is 2.79 bits per heavy atom. The van der Waals surface area contributed by atoms with E-state index in [0.29, 0.717) is 5.88 Å². The standard InChI is InChI=1S/C10H13ClN2S/c1-10(2,3)8-6-14-9-12-5-7(4-11)13(8)9/h5-6H,4H2,1-3H3. The molecule has 2 nitrogen and oxygen atoms in total. The van der Waals surface area contributed by atoms with Crippen LogP contribution in [0, 0.1) is 0 Å². The first-order valence-corrected chi connectivity index (χ1v) is 5.95. The molecule has 4 heteroatoms. The van der Waals surface area contributed by atoms with Crippen molar-refractivity contribution in [2.45, 2.75) is 32.1 Å². The van der Waals surface area contributed by atoms with Crippen LogP contribution in [-0.2, 0) is 11.3 Å². The van der Waals surface area contributed by atoms with Gasteiger partial charge >= 0.3 is 0 Å². The molecule has 0 aliphatic heterocycles. The maximum Gasteiger partial charge on any atom is 0.194 e. The summed E-state index contributed by atoms with van der Waals surface area (Å²) >= 11 is 7.54. The summed E-state index contributed by atoms with van der Waals surface area (Å²) in [6.45, 7) is 6.60. The number of imidazole rings is 1. The van der Waals surface area contributed by atoms with E-state index in [1.54, 1.807) is 11.3 Å². The van der Waals surface area contributed by atoms with Gasteiger partial charge in [0.1, 0.15) is 0 Å². The highest BCUT2D eigenvalue weighted by Crippen LogP contribution is 2.28. The van der Waals surface area contributed by atoms with Gasteiger partial charge in [0.2, 0.25) is 0 Å². The normalized spacial score (nSPS) is 12.6. The topological polar surface area (TPSA) is 17.3 Å². The van der Waals surface area contributed by atoms with Gasteiger partial charge in [0.15, 0.2) is 4.96 Å². The lowest BCUT2D eigenvalue weighted by Crippen LogP contribution is -2.14. The van der Waals surface area contributed by atoms with Crippen molar-refractivity contribution in [2.75, 3.05) is 0 Å². The number of alkyl halides is 1. The van der Waals surface area contributed by atoms with E-state index in [1.165, 1.54) is 5.69 Å². The Balaban J connectivity index is 2.71. The van der Waals surface area contributed by atoms with Gasteiger partial charge in [-0.05, 0) is 0 Å². The van der Waals surface area contributed by atoms with Crippen LogP contribution in [0.15, 0.2) is 11.6 Å². The van der Waals surface area contributed by atoms with Crippen LogP contribution in [0.3, 0.4) is 0 Å². The van der Waals surface area contributed by atoms with E-state index in [1.807, 2.05) is 6.20 Å². The molecule has 2 heterocycles. The minimum Gasteiger partial charge on any atom is -0.290 e. The van der Waals surface area contributed by atoms with Crippen LogP contribution in [0.1, 0.15) is 32.2 Å². The zero-order chi connectivity index (χ0) is 10.3. The van der Waals surface area contributed by atoms with E-state index in [4.69, 9.17) is 11.6 Å². The third kappa shape index (κ3) is 1.44. The van der Waals surface area contributed by atoms with Gasteiger partial charge in [0, 0.05) is 16.5 Å². The molecule has 0 aromatic carbocycles. The molecule has 0 atom stereocenters. The molecule has 0 fully saturated rings. The second kappa shape index (κ2) is 3.24. The highest BCUT2D eigenvalue weighted by molar-refractivity contribution is 7.15. The first-order valence-electron chi connectivity index (χ1n) is 4.54. The summed E-state index contributed by atoms with van der Waals surface area (Å²) < 4.78 is 2.16. The van der Waals surface area contributed by atoms with Crippen LogP contribution >= 0.6 is 22.9 Å². The SMILES string of the molecule is CC(C)(C)c1csc2ncc(CCl)n12. The summed E-state index contributed by atoms with van der Waals surface area (Å²) in [7, 11) is 0. The van der Waals surface area contributed by atoms with E-state index in [0.717, 1.165) is 10.7 Å². The Hall–Kier alpha value is -0.540. The molecule has 0 spiro atoms. The first kappa shape index (κ1) is 9.99. The van der Waals surface area contributed by atoms with Gasteiger partial charge in [-0.1, -0.05) is 20.8 Å². The lowest BCUT2D eigenvalue weighted by atomic mass is 9.93. The second-order valence-electron chi connectivity index (χ2n) is 4.37. The molecule has 0 saturated carbocycles. The predicted molar refractivity (Wildman–Crippen MR) is 61.3 cm³/mol. The largest absolute Gasteiger partial charge is 0.290 e. The van der Waals surface area contributed by atoms with E-state index < -0.39 is 0 Å². The molecule has 2 rings (SSSR count). The van der Waals surface area contributed by atoms with E-state index >= 15 is 0 Å². The molecular formula is C10H13ClN2S. The van der Waals surface area contributed by atoms with E-state index in [-0.39, 0.29) is 5.41 Å². The average molecular weight is 229 g/mol. The van der Waals surface area contributed by atoms with Crippen molar-refractivity contribution in [3.8, 4) is 0 Å². The molecule has 76 valence electrons. The van der Waals surface area contributed by atoms with Gasteiger partial charge in [-0.3, -0.25) is 4.40 Å². The van der Waals surface area contributed by atoms with Crippen LogP contribution < -0.4 is 0 Å². The minimum absolute atomic E-state index is 0.139. The number of hydrogen-bond acceptors (Lipinski definition) is 2. The van der Waals surface area contributed by atoms with Gasteiger partial charge in [0.25, 0.3) is 0 Å². The highest BCUT2D eigenvalue weighted by Gasteiger charge is 2.20. The molecule has 0 radical (unpaired) electrons. The van der Waals surface area contributed by atoms with Crippen molar-refractivity contribution < 1.29 is 0 Å². The molecule has 0 saturated heterocycles. The summed E-state index contributed by atoms with van der Waals surface area (Å²) in [5.41, 5.74) is 2.50. The lowest BCUT2D eigenvalue weighted by Gasteiger charge is -2.17. The van der Waals surface area contributed by atoms with Crippen LogP contribution in [-0.4, -0.2) is 9.38 Å². The molecule has 0 aliphatic carbocycles. The smallest absolute Gasteiger partial charge is 0.194 e. The Labute approximate surface area is 92.5 Å². The summed E-state index contributed by atoms with van der Waals surface area (Å²) in [5, 5.41) is 2.17. The molecule has 0 N–H and O–H groups in total. The third-order valence-corrected chi connectivity index (χ3v) is 3.34. The van der Waals surface area contributed by atoms with Gasteiger partial charge in [-0.25, -0.2) is 4.98 Å². The van der Waals surface area contributed by atoms with Crippen molar-refractivity contribution in [2.24, 2.45) is 0 Å². The Morgan fingerprint density at radius 2 is 2.21 bits per heavy atom. The Kier molecular flexibility index (Phi) is 2.32. The number of halogens is 1. The van der Waals surface area contributed by atoms with Crippen LogP contribution in [0.25, 0.3) is 4.96 Å². The molecule has 0 amide bonds. The zero-order valence-corrected chi connectivity index (χ0v) is 10.1. The summed E-state index contributed by atoms with van der Waals surface area (Å²) in [4.78, 5) is 5.35. The van der Waals surface area contributed by atoms with Crippen molar-refractivity contribution in [1.29, 1.82) is 0 Å². The first-order chi connectivity index (χ1) is 6.54. The monoisotopic (exact) mass is 228 g/mol. The van der Waals surface area contributed by atoms with Crippen molar-refractivity contribution >= 4 is 27.9 Å². The van der Waals surface area contributed by atoms with Crippen LogP contribution in [0.5, 0.6) is 0 Å². The molecule has 0 aliphatic rings. The quantitative estimate of drug-likeness (QED) is 0.684. The molecule has 2 aromatic rings. The minimum atomic E-state index is 0.139. The third-order valence-electron chi connectivity index (χ3n) is 2.22. The number of fused-ring (bicyclic) bond motifs is 1. The number of aromatic nitrogens is 2. The maximum absolute atomic E-state index is 5.87. The summed E-state index contributed by atoms with van der Waals surface area (Å²) in [6, 6.07) is 0. The van der Waals surface area contributed by atoms with Gasteiger partial charge in [-0.15, -0.1) is 22.9 Å². The zero-order valence-electron chi connectivity index (χ0n) is 8.54. The fourth-order valence-electron chi connectivity index (χ4n) is 1.48. The van der Waals surface area contributed by atoms with E-state index in [9.17, 15) is 0 Å². The van der Waals surface area contributed by atoms with Crippen molar-refractivity contribution in [3.05, 3.63) is 23.0 Å². The van der Waals surface area contributed by atoms with E-state index in [2.05, 4.69) is 35.5 Å². The van der Waals surface area contributed by atoms with Crippen molar-refractivity contribution in [1.82, 2.24) is 9.38 Å². The Bertz CT molecular complexity index is 450. The molecule has 2 aromatic heterocycles. The lowest BCUT2D eigenvalue weighted by molar-refractivity contribution is 0.562. The maximum atomic E-state index is 5.87. The number of nitrogens with zero attached hydrogens (tertiary/aromatic N) is 2. The fourth-order valence-corrected chi connectivity index (χ4v) is 2.78. The number of rotatable bonds is 1. The van der Waals surface area contributed by atoms with Crippen LogP contribution in [0.2, 0.25) is 0 Å². The fraction of sp³-hybridized carbons (Fsp3) is 0.500. The number of thiazole rings is 1. The van der Waals surface area contributed by atoms with Gasteiger partial charge in [-0.2, -0.15) is 0 Å². The number of hydrogen-bond donors (Lipinski definition) is 0. The second-order valence-corrected chi connectivity index (χ2v) is 5.48. The molecule has 14 heavy (non-hydrogen) atoms. The van der Waals surface area contributed by atoms with Crippen LogP contribution in [0.4, 0.5) is 0 Å². The molecule has 0 unspecified atom stereocenters. The Morgan fingerprint density at radius 1 is 1.50 bits per heavy atom.